The van der Waals surface area contributed by atoms with E-state index in [0.29, 0.717) is 0 Å². The van der Waals surface area contributed by atoms with Crippen molar-refractivity contribution >= 4 is 27.8 Å². The van der Waals surface area contributed by atoms with Gasteiger partial charge in [-0.25, -0.2) is 0 Å². The molecule has 26 heavy (non-hydrogen) atoms. The van der Waals surface area contributed by atoms with Gasteiger partial charge < -0.3 is 10.1 Å². The first kappa shape index (κ1) is 20.2. The van der Waals surface area contributed by atoms with Crippen molar-refractivity contribution in [1.82, 2.24) is 5.32 Å². The van der Waals surface area contributed by atoms with Gasteiger partial charge in [-0.1, -0.05) is 58.4 Å². The maximum Gasteiger partial charge on any atom is 0.311 e. The van der Waals surface area contributed by atoms with Crippen LogP contribution in [0.2, 0.25) is 0 Å². The van der Waals surface area contributed by atoms with E-state index in [1.807, 2.05) is 49.4 Å². The third-order valence-corrected chi connectivity index (χ3v) is 4.57. The van der Waals surface area contributed by atoms with E-state index >= 15 is 0 Å². The van der Waals surface area contributed by atoms with Crippen molar-refractivity contribution in [3.05, 3.63) is 70.2 Å². The summed E-state index contributed by atoms with van der Waals surface area (Å²) in [6.07, 6.45) is 1.06. The molecule has 0 radical (unpaired) electrons. The first-order chi connectivity index (χ1) is 12.4. The van der Waals surface area contributed by atoms with Crippen LogP contribution in [0.1, 0.15) is 31.4 Å². The summed E-state index contributed by atoms with van der Waals surface area (Å²) in [5, 5.41) is 2.90. The van der Waals surface area contributed by atoms with Crippen molar-refractivity contribution in [2.24, 2.45) is 0 Å². The molecule has 5 heteroatoms. The summed E-state index contributed by atoms with van der Waals surface area (Å²) in [5.74, 6) is -0.679. The zero-order chi connectivity index (χ0) is 18.9. The lowest BCUT2D eigenvalue weighted by Gasteiger charge is -2.18. The predicted octanol–water partition coefficient (Wildman–Crippen LogP) is 4.06. The SMILES string of the molecule is C[C@@H](CCc1ccccc1)NC(=O)[C@@H](C)OC(=O)Cc1ccc(Br)cc1. The lowest BCUT2D eigenvalue weighted by atomic mass is 10.1. The second-order valence-corrected chi connectivity index (χ2v) is 7.28. The van der Waals surface area contributed by atoms with Crippen LogP contribution in [0.3, 0.4) is 0 Å². The highest BCUT2D eigenvalue weighted by molar-refractivity contribution is 9.10. The van der Waals surface area contributed by atoms with Gasteiger partial charge in [0.1, 0.15) is 0 Å². The smallest absolute Gasteiger partial charge is 0.311 e. The molecule has 0 aromatic heterocycles. The summed E-state index contributed by atoms with van der Waals surface area (Å²) in [4.78, 5) is 24.2. The van der Waals surface area contributed by atoms with Gasteiger partial charge in [-0.2, -0.15) is 0 Å². The minimum absolute atomic E-state index is 0.00957. The normalized spacial score (nSPS) is 12.9. The van der Waals surface area contributed by atoms with Gasteiger partial charge >= 0.3 is 5.97 Å². The van der Waals surface area contributed by atoms with Gasteiger partial charge in [0.05, 0.1) is 6.42 Å². The summed E-state index contributed by atoms with van der Waals surface area (Å²) < 4.78 is 6.20. The van der Waals surface area contributed by atoms with Crippen LogP contribution < -0.4 is 5.32 Å². The fourth-order valence-corrected chi connectivity index (χ4v) is 2.79. The predicted molar refractivity (Wildman–Crippen MR) is 106 cm³/mol. The Kier molecular flexibility index (Phi) is 7.85. The van der Waals surface area contributed by atoms with E-state index in [2.05, 4.69) is 33.4 Å². The molecular formula is C21H24BrNO3. The average Bonchev–Trinajstić information content (AvgIpc) is 2.62. The number of esters is 1. The zero-order valence-electron chi connectivity index (χ0n) is 15.1. The Labute approximate surface area is 163 Å². The average molecular weight is 418 g/mol. The molecule has 2 rings (SSSR count). The highest BCUT2D eigenvalue weighted by atomic mass is 79.9. The number of ether oxygens (including phenoxy) is 1. The Hall–Kier alpha value is -2.14. The molecule has 0 aliphatic heterocycles. The van der Waals surface area contributed by atoms with Crippen LogP contribution in [0.4, 0.5) is 0 Å². The minimum atomic E-state index is -0.808. The number of carbonyl (C=O) groups is 2. The fraction of sp³-hybridized carbons (Fsp3) is 0.333. The molecule has 0 heterocycles. The molecule has 2 aromatic carbocycles. The van der Waals surface area contributed by atoms with Crippen LogP contribution in [0.25, 0.3) is 0 Å². The van der Waals surface area contributed by atoms with E-state index in [4.69, 9.17) is 4.74 Å². The highest BCUT2D eigenvalue weighted by Gasteiger charge is 2.19. The highest BCUT2D eigenvalue weighted by Crippen LogP contribution is 2.11. The van der Waals surface area contributed by atoms with E-state index in [9.17, 15) is 9.59 Å². The minimum Gasteiger partial charge on any atom is -0.452 e. The first-order valence-corrected chi connectivity index (χ1v) is 9.51. The largest absolute Gasteiger partial charge is 0.452 e. The lowest BCUT2D eigenvalue weighted by Crippen LogP contribution is -2.41. The van der Waals surface area contributed by atoms with Crippen molar-refractivity contribution in [2.75, 3.05) is 0 Å². The van der Waals surface area contributed by atoms with Crippen LogP contribution in [0.15, 0.2) is 59.1 Å². The van der Waals surface area contributed by atoms with E-state index in [0.717, 1.165) is 22.9 Å². The molecule has 2 atom stereocenters. The zero-order valence-corrected chi connectivity index (χ0v) is 16.7. The Morgan fingerprint density at radius 3 is 2.31 bits per heavy atom. The number of hydrogen-bond donors (Lipinski definition) is 1. The maximum absolute atomic E-state index is 12.2. The number of nitrogens with one attached hydrogen (secondary N) is 1. The van der Waals surface area contributed by atoms with Crippen LogP contribution in [0.5, 0.6) is 0 Å². The molecular weight excluding hydrogens is 394 g/mol. The standard InChI is InChI=1S/C21H24BrNO3/c1-15(8-9-17-6-4-3-5-7-17)23-21(25)16(2)26-20(24)14-18-10-12-19(22)13-11-18/h3-7,10-13,15-16H,8-9,14H2,1-2H3,(H,23,25)/t15-,16+/m0/s1. The molecule has 1 N–H and O–H groups in total. The Morgan fingerprint density at radius 1 is 1.00 bits per heavy atom. The molecule has 0 saturated carbocycles. The molecule has 0 bridgehead atoms. The number of amides is 1. The van der Waals surface area contributed by atoms with Crippen LogP contribution >= 0.6 is 15.9 Å². The second kappa shape index (κ2) is 10.1. The molecule has 4 nitrogen and oxygen atoms in total. The monoisotopic (exact) mass is 417 g/mol. The molecule has 0 aliphatic rings. The summed E-state index contributed by atoms with van der Waals surface area (Å²) in [6, 6.07) is 17.6. The molecule has 0 fully saturated rings. The molecule has 1 amide bonds. The second-order valence-electron chi connectivity index (χ2n) is 6.37. The van der Waals surface area contributed by atoms with E-state index < -0.39 is 12.1 Å². The third kappa shape index (κ3) is 7.00. The van der Waals surface area contributed by atoms with Crippen molar-refractivity contribution < 1.29 is 14.3 Å². The van der Waals surface area contributed by atoms with Crippen LogP contribution in [-0.2, 0) is 27.2 Å². The van der Waals surface area contributed by atoms with Gasteiger partial charge in [0.2, 0.25) is 0 Å². The maximum atomic E-state index is 12.2. The fourth-order valence-electron chi connectivity index (χ4n) is 2.52. The van der Waals surface area contributed by atoms with E-state index in [1.54, 1.807) is 6.92 Å². The Bertz CT molecular complexity index is 716. The van der Waals surface area contributed by atoms with Gasteiger partial charge in [-0.05, 0) is 49.9 Å². The van der Waals surface area contributed by atoms with E-state index in [1.165, 1.54) is 5.56 Å². The molecule has 0 unspecified atom stereocenters. The van der Waals surface area contributed by atoms with Gasteiger partial charge in [-0.3, -0.25) is 9.59 Å². The van der Waals surface area contributed by atoms with Crippen LogP contribution in [-0.4, -0.2) is 24.0 Å². The summed E-state index contributed by atoms with van der Waals surface area (Å²) in [5.41, 5.74) is 2.09. The third-order valence-electron chi connectivity index (χ3n) is 4.04. The summed E-state index contributed by atoms with van der Waals surface area (Å²) in [6.45, 7) is 3.55. The Balaban J connectivity index is 1.73. The van der Waals surface area contributed by atoms with Crippen molar-refractivity contribution in [2.45, 2.75) is 45.3 Å². The number of aryl methyl sites for hydroxylation is 1. The number of rotatable bonds is 8. The molecule has 0 saturated heterocycles. The topological polar surface area (TPSA) is 55.4 Å². The van der Waals surface area contributed by atoms with Gasteiger partial charge in [0, 0.05) is 10.5 Å². The Morgan fingerprint density at radius 2 is 1.65 bits per heavy atom. The van der Waals surface area contributed by atoms with Crippen molar-refractivity contribution in [3.8, 4) is 0 Å². The van der Waals surface area contributed by atoms with Crippen molar-refractivity contribution in [1.29, 1.82) is 0 Å². The molecule has 0 spiro atoms. The molecule has 138 valence electrons. The quantitative estimate of drug-likeness (QED) is 0.658. The number of benzene rings is 2. The molecule has 2 aromatic rings. The van der Waals surface area contributed by atoms with Gasteiger partial charge in [0.15, 0.2) is 6.10 Å². The van der Waals surface area contributed by atoms with Crippen molar-refractivity contribution in [3.63, 3.8) is 0 Å². The van der Waals surface area contributed by atoms with Gasteiger partial charge in [0.25, 0.3) is 5.91 Å². The first-order valence-electron chi connectivity index (χ1n) is 8.72. The van der Waals surface area contributed by atoms with E-state index in [-0.39, 0.29) is 18.4 Å². The number of carbonyl (C=O) groups excluding carboxylic acids is 2. The summed E-state index contributed by atoms with van der Waals surface area (Å²) >= 11 is 3.35. The number of hydrogen-bond acceptors (Lipinski definition) is 3. The van der Waals surface area contributed by atoms with Gasteiger partial charge in [-0.15, -0.1) is 0 Å². The summed E-state index contributed by atoms with van der Waals surface area (Å²) in [7, 11) is 0. The van der Waals surface area contributed by atoms with Crippen LogP contribution in [0, 0.1) is 0 Å². The lowest BCUT2D eigenvalue weighted by molar-refractivity contribution is -0.154. The molecule has 0 aliphatic carbocycles. The number of halogens is 1.